The van der Waals surface area contributed by atoms with Crippen LogP contribution < -0.4 is 5.32 Å². The summed E-state index contributed by atoms with van der Waals surface area (Å²) >= 11 is 0. The summed E-state index contributed by atoms with van der Waals surface area (Å²) < 4.78 is 55.8. The second-order valence-corrected chi connectivity index (χ2v) is 9.54. The van der Waals surface area contributed by atoms with Gasteiger partial charge in [-0.25, -0.2) is 8.78 Å². The van der Waals surface area contributed by atoms with Crippen LogP contribution >= 0.6 is 0 Å². The fourth-order valence-corrected chi connectivity index (χ4v) is 5.09. The number of amides is 2. The van der Waals surface area contributed by atoms with Crippen molar-refractivity contribution in [3.63, 3.8) is 0 Å². The summed E-state index contributed by atoms with van der Waals surface area (Å²) in [7, 11) is -3.60. The Hall–Kier alpha value is -2.11. The zero-order valence-electron chi connectivity index (χ0n) is 18.3. The minimum atomic E-state index is -3.60. The Morgan fingerprint density at radius 3 is 2.03 bits per heavy atom. The van der Waals surface area contributed by atoms with Gasteiger partial charge in [0, 0.05) is 39.3 Å². The van der Waals surface area contributed by atoms with E-state index >= 15 is 0 Å². The Morgan fingerprint density at radius 2 is 1.58 bits per heavy atom. The van der Waals surface area contributed by atoms with Crippen LogP contribution in [0.2, 0.25) is 0 Å². The number of rotatable bonds is 8. The van der Waals surface area contributed by atoms with Crippen LogP contribution in [-0.2, 0) is 15.0 Å². The van der Waals surface area contributed by atoms with Crippen molar-refractivity contribution in [1.82, 2.24) is 18.8 Å². The van der Waals surface area contributed by atoms with Crippen LogP contribution in [0.15, 0.2) is 18.2 Å². The molecule has 1 atom stereocenters. The fraction of sp³-hybridized carbons (Fsp3) is 0.600. The predicted octanol–water partition coefficient (Wildman–Crippen LogP) is 1.45. The first-order valence-corrected chi connectivity index (χ1v) is 11.7. The second-order valence-electron chi connectivity index (χ2n) is 7.61. The molecule has 0 radical (unpaired) electrons. The van der Waals surface area contributed by atoms with Gasteiger partial charge in [0.25, 0.3) is 16.1 Å². The van der Waals surface area contributed by atoms with Crippen LogP contribution in [-0.4, -0.2) is 79.1 Å². The van der Waals surface area contributed by atoms with Crippen LogP contribution in [0.1, 0.15) is 38.1 Å². The van der Waals surface area contributed by atoms with Gasteiger partial charge in [-0.3, -0.25) is 9.59 Å². The molecule has 2 rings (SSSR count). The summed E-state index contributed by atoms with van der Waals surface area (Å²) in [4.78, 5) is 27.0. The first kappa shape index (κ1) is 25.2. The topological polar surface area (TPSA) is 90.0 Å². The summed E-state index contributed by atoms with van der Waals surface area (Å²) in [6.45, 7) is 8.22. The first-order valence-electron chi connectivity index (χ1n) is 10.3. The Labute approximate surface area is 182 Å². The predicted molar refractivity (Wildman–Crippen MR) is 112 cm³/mol. The molecule has 0 unspecified atom stereocenters. The molecule has 1 aromatic carbocycles. The number of carbonyl (C=O) groups excluding carboxylic acids is 2. The minimum Gasteiger partial charge on any atom is -0.340 e. The maximum Gasteiger partial charge on any atom is 0.282 e. The van der Waals surface area contributed by atoms with E-state index in [-0.39, 0.29) is 32.1 Å². The van der Waals surface area contributed by atoms with Crippen molar-refractivity contribution < 1.29 is 26.8 Å². The summed E-state index contributed by atoms with van der Waals surface area (Å²) in [6.07, 6.45) is 0. The third-order valence-corrected chi connectivity index (χ3v) is 7.50. The maximum atomic E-state index is 13.9. The van der Waals surface area contributed by atoms with E-state index in [0.29, 0.717) is 13.1 Å². The molecular formula is C20H30F2N4O4S. The van der Waals surface area contributed by atoms with Gasteiger partial charge in [-0.15, -0.1) is 0 Å². The van der Waals surface area contributed by atoms with Crippen LogP contribution in [0, 0.1) is 17.6 Å². The molecule has 0 aliphatic carbocycles. The smallest absolute Gasteiger partial charge is 0.282 e. The highest BCUT2D eigenvalue weighted by Crippen LogP contribution is 2.16. The summed E-state index contributed by atoms with van der Waals surface area (Å²) in [6, 6.07) is 2.09. The minimum absolute atomic E-state index is 0.130. The lowest BCUT2D eigenvalue weighted by Gasteiger charge is -2.38. The molecule has 0 bridgehead atoms. The number of nitrogens with one attached hydrogen (secondary N) is 1. The van der Waals surface area contributed by atoms with Gasteiger partial charge in [0.15, 0.2) is 0 Å². The molecular weight excluding hydrogens is 430 g/mol. The van der Waals surface area contributed by atoms with Crippen molar-refractivity contribution >= 4 is 22.0 Å². The summed E-state index contributed by atoms with van der Waals surface area (Å²) in [5.74, 6) is -3.79. The van der Waals surface area contributed by atoms with Gasteiger partial charge < -0.3 is 10.2 Å². The van der Waals surface area contributed by atoms with E-state index in [9.17, 15) is 26.8 Å². The molecule has 2 amide bonds. The Balaban J connectivity index is 2.09. The molecule has 0 spiro atoms. The van der Waals surface area contributed by atoms with E-state index in [4.69, 9.17) is 0 Å². The van der Waals surface area contributed by atoms with Crippen LogP contribution in [0.25, 0.3) is 0 Å². The number of benzene rings is 1. The molecule has 1 aromatic rings. The highest BCUT2D eigenvalue weighted by atomic mass is 32.2. The van der Waals surface area contributed by atoms with Crippen molar-refractivity contribution in [2.24, 2.45) is 5.92 Å². The monoisotopic (exact) mass is 460 g/mol. The average molecular weight is 461 g/mol. The Morgan fingerprint density at radius 1 is 1.06 bits per heavy atom. The molecule has 174 valence electrons. The second kappa shape index (κ2) is 10.5. The number of hydrogen-bond acceptors (Lipinski definition) is 4. The third-order valence-electron chi connectivity index (χ3n) is 5.32. The van der Waals surface area contributed by atoms with Crippen molar-refractivity contribution in [2.75, 3.05) is 39.3 Å². The van der Waals surface area contributed by atoms with E-state index in [0.717, 1.165) is 18.2 Å². The van der Waals surface area contributed by atoms with Crippen LogP contribution in [0.4, 0.5) is 8.78 Å². The molecule has 31 heavy (non-hydrogen) atoms. The SMILES string of the molecule is CCN(CC)S(=O)(=O)N1CCN(C(=O)[C@@H](NC(=O)c2c(F)cccc2F)C(C)C)CC1. The zero-order valence-corrected chi connectivity index (χ0v) is 19.1. The number of nitrogens with zero attached hydrogens (tertiary/aromatic N) is 3. The third kappa shape index (κ3) is 5.58. The lowest BCUT2D eigenvalue weighted by molar-refractivity contribution is -0.135. The fourth-order valence-electron chi connectivity index (χ4n) is 3.49. The lowest BCUT2D eigenvalue weighted by atomic mass is 10.0. The van der Waals surface area contributed by atoms with Crippen molar-refractivity contribution in [3.8, 4) is 0 Å². The van der Waals surface area contributed by atoms with Gasteiger partial charge in [-0.1, -0.05) is 33.8 Å². The zero-order chi connectivity index (χ0) is 23.3. The highest BCUT2D eigenvalue weighted by molar-refractivity contribution is 7.86. The quantitative estimate of drug-likeness (QED) is 0.636. The van der Waals surface area contributed by atoms with Gasteiger partial charge >= 0.3 is 0 Å². The maximum absolute atomic E-state index is 13.9. The number of carbonyl (C=O) groups is 2. The van der Waals surface area contributed by atoms with Gasteiger partial charge in [0.2, 0.25) is 5.91 Å². The normalized spacial score (nSPS) is 16.6. The average Bonchev–Trinajstić information content (AvgIpc) is 2.72. The van der Waals surface area contributed by atoms with Crippen molar-refractivity contribution in [2.45, 2.75) is 33.7 Å². The largest absolute Gasteiger partial charge is 0.340 e. The molecule has 1 aliphatic rings. The molecule has 1 saturated heterocycles. The first-order chi connectivity index (χ1) is 14.5. The molecule has 1 heterocycles. The summed E-state index contributed by atoms with van der Waals surface area (Å²) in [5.41, 5.74) is -0.740. The van der Waals surface area contributed by atoms with Crippen molar-refractivity contribution in [3.05, 3.63) is 35.4 Å². The molecule has 1 N–H and O–H groups in total. The van der Waals surface area contributed by atoms with Crippen LogP contribution in [0.3, 0.4) is 0 Å². The van der Waals surface area contributed by atoms with Crippen LogP contribution in [0.5, 0.6) is 0 Å². The Kier molecular flexibility index (Phi) is 8.49. The number of halogens is 2. The number of piperazine rings is 1. The van der Waals surface area contributed by atoms with E-state index in [1.54, 1.807) is 27.7 Å². The van der Waals surface area contributed by atoms with Gasteiger partial charge in [-0.2, -0.15) is 17.0 Å². The van der Waals surface area contributed by atoms with Gasteiger partial charge in [0.05, 0.1) is 0 Å². The van der Waals surface area contributed by atoms with E-state index in [2.05, 4.69) is 5.32 Å². The van der Waals surface area contributed by atoms with Gasteiger partial charge in [-0.05, 0) is 18.1 Å². The molecule has 11 heteroatoms. The lowest BCUT2D eigenvalue weighted by Crippen LogP contribution is -2.58. The van der Waals surface area contributed by atoms with E-state index in [1.165, 1.54) is 13.5 Å². The Bertz CT molecular complexity index is 878. The summed E-state index contributed by atoms with van der Waals surface area (Å²) in [5, 5.41) is 2.44. The molecule has 1 fully saturated rings. The number of hydrogen-bond donors (Lipinski definition) is 1. The van der Waals surface area contributed by atoms with Crippen molar-refractivity contribution in [1.29, 1.82) is 0 Å². The van der Waals surface area contributed by atoms with E-state index < -0.39 is 45.3 Å². The standard InChI is InChI=1S/C20H30F2N4O4S/c1-5-25(6-2)31(29,30)26-12-10-24(11-13-26)20(28)18(14(3)4)23-19(27)17-15(21)8-7-9-16(17)22/h7-9,14,18H,5-6,10-13H2,1-4H3,(H,23,27)/t18-/m0/s1. The molecule has 1 aliphatic heterocycles. The molecule has 8 nitrogen and oxygen atoms in total. The van der Waals surface area contributed by atoms with E-state index in [1.807, 2.05) is 0 Å². The molecule has 0 aromatic heterocycles. The molecule has 0 saturated carbocycles. The highest BCUT2D eigenvalue weighted by Gasteiger charge is 2.35. The van der Waals surface area contributed by atoms with Gasteiger partial charge in [0.1, 0.15) is 23.2 Å².